The number of carbonyl (C=O) groups is 1. The highest BCUT2D eigenvalue weighted by Gasteiger charge is 2.38. The lowest BCUT2D eigenvalue weighted by molar-refractivity contribution is -0.145. The van der Waals surface area contributed by atoms with Crippen molar-refractivity contribution in [1.82, 2.24) is 9.55 Å². The van der Waals surface area contributed by atoms with Gasteiger partial charge in [-0.3, -0.25) is 0 Å². The summed E-state index contributed by atoms with van der Waals surface area (Å²) in [6, 6.07) is -0.164. The van der Waals surface area contributed by atoms with E-state index in [4.69, 9.17) is 4.74 Å². The monoisotopic (exact) mass is 194 g/mol. The van der Waals surface area contributed by atoms with Crippen LogP contribution in [0.25, 0.3) is 0 Å². The predicted molar refractivity (Wildman–Crippen MR) is 50.7 cm³/mol. The third kappa shape index (κ3) is 1.52. The molecule has 0 saturated heterocycles. The maximum atomic E-state index is 11.6. The Hall–Kier alpha value is -1.32. The van der Waals surface area contributed by atoms with Crippen LogP contribution in [0.3, 0.4) is 0 Å². The molecule has 0 radical (unpaired) electrons. The van der Waals surface area contributed by atoms with E-state index in [0.29, 0.717) is 5.92 Å². The molecule has 1 unspecified atom stereocenters. The van der Waals surface area contributed by atoms with Gasteiger partial charge in [0.2, 0.25) is 0 Å². The Kier molecular flexibility index (Phi) is 2.27. The summed E-state index contributed by atoms with van der Waals surface area (Å²) < 4.78 is 6.71. The SMILES string of the molecule is COC(=O)C(C1CC1)n1ccnc1C. The molecule has 14 heavy (non-hydrogen) atoms. The van der Waals surface area contributed by atoms with Crippen LogP contribution in [0, 0.1) is 12.8 Å². The number of ether oxygens (including phenoxy) is 1. The fraction of sp³-hybridized carbons (Fsp3) is 0.600. The Morgan fingerprint density at radius 3 is 2.86 bits per heavy atom. The van der Waals surface area contributed by atoms with Crippen molar-refractivity contribution in [2.45, 2.75) is 25.8 Å². The van der Waals surface area contributed by atoms with E-state index in [1.807, 2.05) is 17.7 Å². The minimum Gasteiger partial charge on any atom is -0.467 e. The van der Waals surface area contributed by atoms with E-state index in [1.54, 1.807) is 6.20 Å². The van der Waals surface area contributed by atoms with Gasteiger partial charge in [0, 0.05) is 12.4 Å². The minimum absolute atomic E-state index is 0.159. The number of imidazole rings is 1. The zero-order chi connectivity index (χ0) is 10.1. The zero-order valence-corrected chi connectivity index (χ0v) is 8.43. The topological polar surface area (TPSA) is 44.1 Å². The van der Waals surface area contributed by atoms with Gasteiger partial charge in [-0.05, 0) is 25.7 Å². The summed E-state index contributed by atoms with van der Waals surface area (Å²) in [7, 11) is 1.43. The molecule has 0 N–H and O–H groups in total. The second-order valence-corrected chi connectivity index (χ2v) is 3.69. The molecule has 0 spiro atoms. The molecule has 0 aliphatic heterocycles. The first-order valence-corrected chi connectivity index (χ1v) is 4.81. The van der Waals surface area contributed by atoms with E-state index in [2.05, 4.69) is 4.98 Å². The summed E-state index contributed by atoms with van der Waals surface area (Å²) >= 11 is 0. The fourth-order valence-corrected chi connectivity index (χ4v) is 1.75. The third-order valence-electron chi connectivity index (χ3n) is 2.67. The molecule has 1 saturated carbocycles. The number of nitrogens with zero attached hydrogens (tertiary/aromatic N) is 2. The second kappa shape index (κ2) is 3.44. The molecule has 4 heteroatoms. The van der Waals surface area contributed by atoms with E-state index in [9.17, 15) is 4.79 Å². The molecular formula is C10H14N2O2. The number of esters is 1. The van der Waals surface area contributed by atoms with Gasteiger partial charge in [-0.1, -0.05) is 0 Å². The fourth-order valence-electron chi connectivity index (χ4n) is 1.75. The van der Waals surface area contributed by atoms with Crippen LogP contribution in [0.2, 0.25) is 0 Å². The molecule has 1 fully saturated rings. The molecule has 1 atom stereocenters. The van der Waals surface area contributed by atoms with Gasteiger partial charge in [0.15, 0.2) is 0 Å². The normalized spacial score (nSPS) is 17.9. The number of hydrogen-bond acceptors (Lipinski definition) is 3. The third-order valence-corrected chi connectivity index (χ3v) is 2.67. The Balaban J connectivity index is 2.26. The average molecular weight is 194 g/mol. The maximum absolute atomic E-state index is 11.6. The highest BCUT2D eigenvalue weighted by Crippen LogP contribution is 2.40. The average Bonchev–Trinajstić information content (AvgIpc) is 2.92. The molecule has 0 amide bonds. The second-order valence-electron chi connectivity index (χ2n) is 3.69. The van der Waals surface area contributed by atoms with Crippen LogP contribution in [0.15, 0.2) is 12.4 Å². The number of aromatic nitrogens is 2. The van der Waals surface area contributed by atoms with Crippen LogP contribution in [-0.4, -0.2) is 22.6 Å². The number of hydrogen-bond donors (Lipinski definition) is 0. The zero-order valence-electron chi connectivity index (χ0n) is 8.43. The van der Waals surface area contributed by atoms with Crippen molar-refractivity contribution in [2.75, 3.05) is 7.11 Å². The van der Waals surface area contributed by atoms with Crippen molar-refractivity contribution >= 4 is 5.97 Å². The van der Waals surface area contributed by atoms with Crippen LogP contribution >= 0.6 is 0 Å². The number of rotatable bonds is 3. The van der Waals surface area contributed by atoms with E-state index in [0.717, 1.165) is 18.7 Å². The summed E-state index contributed by atoms with van der Waals surface area (Å²) in [5.41, 5.74) is 0. The number of aryl methyl sites for hydroxylation is 1. The molecule has 1 aromatic heterocycles. The van der Waals surface area contributed by atoms with Crippen molar-refractivity contribution in [1.29, 1.82) is 0 Å². The van der Waals surface area contributed by atoms with Gasteiger partial charge < -0.3 is 9.30 Å². The summed E-state index contributed by atoms with van der Waals surface area (Å²) in [6.07, 6.45) is 5.78. The molecule has 4 nitrogen and oxygen atoms in total. The standard InChI is InChI=1S/C10H14N2O2/c1-7-11-5-6-12(7)9(8-3-4-8)10(13)14-2/h5-6,8-9H,3-4H2,1-2H3. The van der Waals surface area contributed by atoms with E-state index in [1.165, 1.54) is 7.11 Å². The Morgan fingerprint density at radius 1 is 1.71 bits per heavy atom. The van der Waals surface area contributed by atoms with Gasteiger partial charge >= 0.3 is 5.97 Å². The van der Waals surface area contributed by atoms with Gasteiger partial charge in [-0.2, -0.15) is 0 Å². The Labute approximate surface area is 82.9 Å². The largest absolute Gasteiger partial charge is 0.467 e. The molecule has 1 aliphatic carbocycles. The quantitative estimate of drug-likeness (QED) is 0.681. The van der Waals surface area contributed by atoms with Crippen LogP contribution in [-0.2, 0) is 9.53 Å². The first kappa shape index (κ1) is 9.24. The van der Waals surface area contributed by atoms with E-state index < -0.39 is 0 Å². The Bertz CT molecular complexity index is 342. The molecule has 1 aromatic rings. The van der Waals surface area contributed by atoms with Gasteiger partial charge in [-0.15, -0.1) is 0 Å². The summed E-state index contributed by atoms with van der Waals surface area (Å²) in [5.74, 6) is 1.15. The summed E-state index contributed by atoms with van der Waals surface area (Å²) in [6.45, 7) is 1.90. The predicted octanol–water partition coefficient (Wildman–Crippen LogP) is 1.32. The van der Waals surface area contributed by atoms with Crippen molar-refractivity contribution in [3.05, 3.63) is 18.2 Å². The van der Waals surface area contributed by atoms with Gasteiger partial charge in [0.1, 0.15) is 11.9 Å². The lowest BCUT2D eigenvalue weighted by Gasteiger charge is -2.16. The molecule has 76 valence electrons. The summed E-state index contributed by atoms with van der Waals surface area (Å²) in [5, 5.41) is 0. The summed E-state index contributed by atoms with van der Waals surface area (Å²) in [4.78, 5) is 15.7. The van der Waals surface area contributed by atoms with E-state index in [-0.39, 0.29) is 12.0 Å². The molecular weight excluding hydrogens is 180 g/mol. The van der Waals surface area contributed by atoms with Crippen molar-refractivity contribution in [3.63, 3.8) is 0 Å². The van der Waals surface area contributed by atoms with Crippen LogP contribution < -0.4 is 0 Å². The van der Waals surface area contributed by atoms with Crippen molar-refractivity contribution in [3.8, 4) is 0 Å². The van der Waals surface area contributed by atoms with Crippen LogP contribution in [0.1, 0.15) is 24.7 Å². The van der Waals surface area contributed by atoms with Crippen molar-refractivity contribution < 1.29 is 9.53 Å². The highest BCUT2D eigenvalue weighted by atomic mass is 16.5. The van der Waals surface area contributed by atoms with Crippen molar-refractivity contribution in [2.24, 2.45) is 5.92 Å². The molecule has 0 aromatic carbocycles. The van der Waals surface area contributed by atoms with Crippen LogP contribution in [0.4, 0.5) is 0 Å². The first-order chi connectivity index (χ1) is 6.74. The lowest BCUT2D eigenvalue weighted by atomic mass is 10.2. The molecule has 2 rings (SSSR count). The molecule has 1 aliphatic rings. The van der Waals surface area contributed by atoms with Gasteiger partial charge in [-0.25, -0.2) is 9.78 Å². The van der Waals surface area contributed by atoms with E-state index >= 15 is 0 Å². The smallest absolute Gasteiger partial charge is 0.329 e. The lowest BCUT2D eigenvalue weighted by Crippen LogP contribution is -2.23. The molecule has 0 bridgehead atoms. The number of carbonyl (C=O) groups excluding carboxylic acids is 1. The van der Waals surface area contributed by atoms with Gasteiger partial charge in [0.05, 0.1) is 7.11 Å². The molecule has 1 heterocycles. The van der Waals surface area contributed by atoms with Gasteiger partial charge in [0.25, 0.3) is 0 Å². The minimum atomic E-state index is -0.164. The maximum Gasteiger partial charge on any atom is 0.329 e. The Morgan fingerprint density at radius 2 is 2.43 bits per heavy atom. The van der Waals surface area contributed by atoms with Crippen LogP contribution in [0.5, 0.6) is 0 Å². The number of methoxy groups -OCH3 is 1. The first-order valence-electron chi connectivity index (χ1n) is 4.81. The highest BCUT2D eigenvalue weighted by molar-refractivity contribution is 5.75.